The SMILES string of the molecule is C#C[C@H]1[C@@H]2[C@@H](C)C(COC(=O)C(C)(C)C)=CC(=O)[C@]2(C=O)c2ccccc2N1C(=O)Oc1ccccc1. The molecule has 190 valence electrons. The van der Waals surface area contributed by atoms with Gasteiger partial charge in [0.1, 0.15) is 30.1 Å². The summed E-state index contributed by atoms with van der Waals surface area (Å²) in [6.07, 6.45) is 7.29. The van der Waals surface area contributed by atoms with E-state index in [9.17, 15) is 19.2 Å². The van der Waals surface area contributed by atoms with Crippen molar-refractivity contribution in [3.8, 4) is 18.1 Å². The number of terminal acetylenes is 1. The molecule has 0 bridgehead atoms. The van der Waals surface area contributed by atoms with Gasteiger partial charge >= 0.3 is 12.1 Å². The van der Waals surface area contributed by atoms with Crippen LogP contribution in [0.4, 0.5) is 10.5 Å². The fourth-order valence-electron chi connectivity index (χ4n) is 5.15. The number of ether oxygens (including phenoxy) is 2. The molecule has 4 atom stereocenters. The van der Waals surface area contributed by atoms with Gasteiger partial charge in [0.2, 0.25) is 0 Å². The van der Waals surface area contributed by atoms with Crippen LogP contribution in [-0.2, 0) is 24.5 Å². The van der Waals surface area contributed by atoms with E-state index in [0.29, 0.717) is 28.9 Å². The van der Waals surface area contributed by atoms with Crippen molar-refractivity contribution >= 4 is 29.8 Å². The van der Waals surface area contributed by atoms with Crippen LogP contribution in [0.15, 0.2) is 66.2 Å². The minimum absolute atomic E-state index is 0.123. The number of carbonyl (C=O) groups is 4. The average molecular weight is 500 g/mol. The van der Waals surface area contributed by atoms with Crippen molar-refractivity contribution < 1.29 is 28.7 Å². The fourth-order valence-corrected chi connectivity index (χ4v) is 5.15. The van der Waals surface area contributed by atoms with Crippen molar-refractivity contribution in [2.45, 2.75) is 39.2 Å². The Morgan fingerprint density at radius 2 is 1.76 bits per heavy atom. The van der Waals surface area contributed by atoms with Crippen molar-refractivity contribution in [2.24, 2.45) is 17.3 Å². The summed E-state index contributed by atoms with van der Waals surface area (Å²) < 4.78 is 11.1. The molecule has 0 saturated carbocycles. The second-order valence-electron chi connectivity index (χ2n) is 10.4. The minimum Gasteiger partial charge on any atom is -0.461 e. The van der Waals surface area contributed by atoms with Crippen LogP contribution in [0.5, 0.6) is 5.75 Å². The predicted octanol–water partition coefficient (Wildman–Crippen LogP) is 4.49. The Balaban J connectivity index is 1.81. The Morgan fingerprint density at radius 3 is 2.38 bits per heavy atom. The van der Waals surface area contributed by atoms with Crippen LogP contribution in [-0.4, -0.2) is 36.8 Å². The second kappa shape index (κ2) is 9.70. The van der Waals surface area contributed by atoms with Crippen LogP contribution >= 0.6 is 0 Å². The summed E-state index contributed by atoms with van der Waals surface area (Å²) >= 11 is 0. The van der Waals surface area contributed by atoms with E-state index in [-0.39, 0.29) is 6.61 Å². The van der Waals surface area contributed by atoms with Gasteiger partial charge < -0.3 is 14.3 Å². The molecular formula is C30H29NO6. The number of fused-ring (bicyclic) bond motifs is 3. The molecule has 0 unspecified atom stereocenters. The molecule has 0 spiro atoms. The van der Waals surface area contributed by atoms with E-state index < -0.39 is 46.6 Å². The number of aldehydes is 1. The number of anilines is 1. The van der Waals surface area contributed by atoms with Gasteiger partial charge in [-0.2, -0.15) is 0 Å². The summed E-state index contributed by atoms with van der Waals surface area (Å²) in [4.78, 5) is 53.8. The number of benzene rings is 2. The zero-order valence-corrected chi connectivity index (χ0v) is 21.3. The zero-order chi connectivity index (χ0) is 27.0. The first-order valence-corrected chi connectivity index (χ1v) is 12.1. The summed E-state index contributed by atoms with van der Waals surface area (Å²) in [7, 11) is 0. The Bertz CT molecular complexity index is 1320. The number of rotatable bonds is 4. The van der Waals surface area contributed by atoms with Crippen molar-refractivity contribution in [3.05, 3.63) is 71.8 Å². The van der Waals surface area contributed by atoms with Gasteiger partial charge in [-0.15, -0.1) is 6.42 Å². The molecule has 1 heterocycles. The van der Waals surface area contributed by atoms with Gasteiger partial charge in [-0.3, -0.25) is 14.5 Å². The van der Waals surface area contributed by atoms with Gasteiger partial charge in [-0.25, -0.2) is 4.79 Å². The van der Waals surface area contributed by atoms with Crippen molar-refractivity contribution in [2.75, 3.05) is 11.5 Å². The standard InChI is InChI=1S/C30H29NO6/c1-6-23-26-19(2)20(17-36-27(34)29(3,4)5)16-25(33)30(26,18-32)22-14-10-11-15-24(22)31(23)28(35)37-21-12-8-7-9-13-21/h1,7-16,18-19,23,26H,17H2,2-5H3/t19-,23-,26-,30-/m0/s1. The smallest absolute Gasteiger partial charge is 0.420 e. The predicted molar refractivity (Wildman–Crippen MR) is 138 cm³/mol. The number of para-hydroxylation sites is 2. The molecule has 0 N–H and O–H groups in total. The first-order valence-electron chi connectivity index (χ1n) is 12.1. The molecule has 7 nitrogen and oxygen atoms in total. The lowest BCUT2D eigenvalue weighted by Gasteiger charge is -2.52. The molecule has 1 aliphatic heterocycles. The Hall–Kier alpha value is -4.18. The molecule has 0 radical (unpaired) electrons. The lowest BCUT2D eigenvalue weighted by molar-refractivity contribution is -0.152. The number of nitrogens with zero attached hydrogens (tertiary/aromatic N) is 1. The molecule has 37 heavy (non-hydrogen) atoms. The lowest BCUT2D eigenvalue weighted by atomic mass is 9.55. The number of esters is 1. The van der Waals surface area contributed by atoms with E-state index in [0.717, 1.165) is 0 Å². The Kier molecular flexibility index (Phi) is 6.79. The topological polar surface area (TPSA) is 90.0 Å². The van der Waals surface area contributed by atoms with E-state index >= 15 is 0 Å². The highest BCUT2D eigenvalue weighted by Crippen LogP contribution is 2.52. The van der Waals surface area contributed by atoms with Crippen LogP contribution < -0.4 is 9.64 Å². The monoisotopic (exact) mass is 499 g/mol. The van der Waals surface area contributed by atoms with Crippen molar-refractivity contribution in [1.82, 2.24) is 0 Å². The summed E-state index contributed by atoms with van der Waals surface area (Å²) in [5, 5.41) is 0. The number of ketones is 1. The van der Waals surface area contributed by atoms with E-state index in [1.54, 1.807) is 75.4 Å². The fraction of sp³-hybridized carbons (Fsp3) is 0.333. The Morgan fingerprint density at radius 1 is 1.11 bits per heavy atom. The quantitative estimate of drug-likeness (QED) is 0.266. The molecule has 0 saturated heterocycles. The molecule has 7 heteroatoms. The van der Waals surface area contributed by atoms with Gasteiger partial charge in [0.05, 0.1) is 11.1 Å². The lowest BCUT2D eigenvalue weighted by Crippen LogP contribution is -2.63. The molecule has 2 aromatic carbocycles. The molecule has 2 aliphatic rings. The van der Waals surface area contributed by atoms with Crippen LogP contribution in [0.2, 0.25) is 0 Å². The third kappa shape index (κ3) is 4.33. The van der Waals surface area contributed by atoms with Gasteiger partial charge in [-0.05, 0) is 62.1 Å². The molecule has 1 amide bonds. The third-order valence-corrected chi connectivity index (χ3v) is 7.09. The normalized spacial score (nSPS) is 24.6. The van der Waals surface area contributed by atoms with Gasteiger partial charge in [0.15, 0.2) is 5.78 Å². The highest BCUT2D eigenvalue weighted by molar-refractivity contribution is 6.14. The highest BCUT2D eigenvalue weighted by Gasteiger charge is 2.60. The number of hydrogen-bond acceptors (Lipinski definition) is 6. The van der Waals surface area contributed by atoms with Crippen LogP contribution in [0.25, 0.3) is 0 Å². The van der Waals surface area contributed by atoms with E-state index in [1.807, 2.05) is 6.92 Å². The summed E-state index contributed by atoms with van der Waals surface area (Å²) in [6.45, 7) is 6.91. The van der Waals surface area contributed by atoms with E-state index in [2.05, 4.69) is 5.92 Å². The van der Waals surface area contributed by atoms with Gasteiger partial charge in [0, 0.05) is 5.92 Å². The molecule has 4 rings (SSSR count). The van der Waals surface area contributed by atoms with Crippen molar-refractivity contribution in [3.63, 3.8) is 0 Å². The third-order valence-electron chi connectivity index (χ3n) is 7.09. The number of carbonyl (C=O) groups excluding carboxylic acids is 4. The molecule has 0 aromatic heterocycles. The molecule has 1 aliphatic carbocycles. The largest absolute Gasteiger partial charge is 0.461 e. The zero-order valence-electron chi connectivity index (χ0n) is 21.3. The second-order valence-corrected chi connectivity index (χ2v) is 10.4. The summed E-state index contributed by atoms with van der Waals surface area (Å²) in [5.41, 5.74) is -1.08. The number of allylic oxidation sites excluding steroid dienone is 1. The van der Waals surface area contributed by atoms with Crippen LogP contribution in [0.3, 0.4) is 0 Å². The average Bonchev–Trinajstić information content (AvgIpc) is 2.88. The van der Waals surface area contributed by atoms with Crippen LogP contribution in [0, 0.1) is 29.6 Å². The first kappa shape index (κ1) is 25.9. The molecular weight excluding hydrogens is 470 g/mol. The first-order chi connectivity index (χ1) is 17.6. The maximum absolute atomic E-state index is 13.7. The summed E-state index contributed by atoms with van der Waals surface area (Å²) in [6, 6.07) is 14.3. The van der Waals surface area contributed by atoms with Crippen molar-refractivity contribution in [1.29, 1.82) is 0 Å². The maximum atomic E-state index is 13.7. The van der Waals surface area contributed by atoms with Crippen LogP contribution in [0.1, 0.15) is 33.3 Å². The van der Waals surface area contributed by atoms with Gasteiger partial charge in [-0.1, -0.05) is 49.2 Å². The van der Waals surface area contributed by atoms with Gasteiger partial charge in [0.25, 0.3) is 0 Å². The van der Waals surface area contributed by atoms with E-state index in [1.165, 1.54) is 11.0 Å². The molecule has 0 fully saturated rings. The summed E-state index contributed by atoms with van der Waals surface area (Å²) in [5.74, 6) is 0.820. The maximum Gasteiger partial charge on any atom is 0.420 e. The minimum atomic E-state index is -1.60. The molecule has 2 aromatic rings. The van der Waals surface area contributed by atoms with E-state index in [4.69, 9.17) is 15.9 Å². The number of hydrogen-bond donors (Lipinski definition) is 0. The Labute approximate surface area is 216 Å². The highest BCUT2D eigenvalue weighted by atomic mass is 16.6. The number of amides is 1.